The number of hydrogen-bond donors (Lipinski definition) is 2. The molecule has 2 heterocycles. The van der Waals surface area contributed by atoms with E-state index in [0.29, 0.717) is 25.0 Å². The van der Waals surface area contributed by atoms with Crippen LogP contribution in [0, 0.1) is 17.5 Å². The quantitative estimate of drug-likeness (QED) is 0.456. The van der Waals surface area contributed by atoms with Crippen LogP contribution in [-0.2, 0) is 14.8 Å². The summed E-state index contributed by atoms with van der Waals surface area (Å²) in [5.41, 5.74) is -0.610. The van der Waals surface area contributed by atoms with Crippen molar-refractivity contribution in [3.8, 4) is 0 Å². The summed E-state index contributed by atoms with van der Waals surface area (Å²) in [5.74, 6) is -5.64. The number of fused-ring (bicyclic) bond motifs is 1. The number of nitrogens with one attached hydrogen (secondary N) is 2. The Morgan fingerprint density at radius 2 is 1.74 bits per heavy atom. The fourth-order valence-corrected chi connectivity index (χ4v) is 6.28. The summed E-state index contributed by atoms with van der Waals surface area (Å²) in [7, 11) is -4.40. The summed E-state index contributed by atoms with van der Waals surface area (Å²) in [6.07, 6.45) is 4.13. The first kappa shape index (κ1) is 26.2. The maximum absolute atomic E-state index is 13.5. The summed E-state index contributed by atoms with van der Waals surface area (Å²) >= 11 is 0. The average molecular weight is 564 g/mol. The molecule has 2 aromatic carbocycles. The third-order valence-corrected chi connectivity index (χ3v) is 8.30. The minimum atomic E-state index is -4.40. The Morgan fingerprint density at radius 3 is 2.38 bits per heavy atom. The number of amides is 3. The zero-order chi connectivity index (χ0) is 27.9. The van der Waals surface area contributed by atoms with E-state index in [-0.39, 0.29) is 34.7 Å². The monoisotopic (exact) mass is 563 g/mol. The second-order valence-electron chi connectivity index (χ2n) is 8.93. The maximum Gasteiger partial charge on any atom is 0.419 e. The first-order valence-electron chi connectivity index (χ1n) is 11.7. The number of carbonyl (C=O) groups is 3. The molecule has 0 radical (unpaired) electrons. The summed E-state index contributed by atoms with van der Waals surface area (Å²) in [5, 5.41) is 4.69. The molecule has 204 valence electrons. The molecule has 3 aromatic rings. The largest absolute Gasteiger partial charge is 0.446 e. The van der Waals surface area contributed by atoms with E-state index < -0.39 is 57.7 Å². The normalized spacial score (nSPS) is 20.1. The highest BCUT2D eigenvalue weighted by Gasteiger charge is 2.43. The molecule has 0 unspecified atom stereocenters. The molecule has 1 aliphatic carbocycles. The second-order valence-corrected chi connectivity index (χ2v) is 10.7. The summed E-state index contributed by atoms with van der Waals surface area (Å²) in [6, 6.07) is 3.03. The van der Waals surface area contributed by atoms with E-state index >= 15 is 0 Å². The Hall–Kier alpha value is -4.40. The van der Waals surface area contributed by atoms with Crippen molar-refractivity contribution in [2.75, 3.05) is 10.6 Å². The summed E-state index contributed by atoms with van der Waals surface area (Å²) in [4.78, 5) is 41.1. The minimum absolute atomic E-state index is 0.0466. The van der Waals surface area contributed by atoms with Crippen molar-refractivity contribution >= 4 is 39.4 Å². The molecule has 5 rings (SSSR count). The van der Waals surface area contributed by atoms with Gasteiger partial charge in [0.25, 0.3) is 15.9 Å². The molecule has 1 fully saturated rings. The number of halogens is 3. The number of ether oxygens (including phenoxy) is 1. The number of rotatable bonds is 4. The lowest BCUT2D eigenvalue weighted by Gasteiger charge is -2.38. The summed E-state index contributed by atoms with van der Waals surface area (Å²) < 4.78 is 74.5. The van der Waals surface area contributed by atoms with Gasteiger partial charge in [-0.1, -0.05) is 0 Å². The lowest BCUT2D eigenvalue weighted by molar-refractivity contribution is 0.0643. The molecule has 2 N–H and O–H groups in total. The van der Waals surface area contributed by atoms with Crippen molar-refractivity contribution in [3.63, 3.8) is 0 Å². The van der Waals surface area contributed by atoms with Gasteiger partial charge in [0.1, 0.15) is 17.3 Å². The predicted molar refractivity (Wildman–Crippen MR) is 129 cm³/mol. The van der Waals surface area contributed by atoms with Crippen LogP contribution in [0.2, 0.25) is 0 Å². The Balaban J connectivity index is 1.31. The molecule has 0 saturated heterocycles. The Morgan fingerprint density at radius 1 is 1.05 bits per heavy atom. The van der Waals surface area contributed by atoms with Crippen LogP contribution in [0.3, 0.4) is 0 Å². The lowest BCUT2D eigenvalue weighted by atomic mass is 9.93. The van der Waals surface area contributed by atoms with E-state index in [4.69, 9.17) is 4.74 Å². The first-order chi connectivity index (χ1) is 18.5. The van der Waals surface area contributed by atoms with Gasteiger partial charge >= 0.3 is 12.1 Å². The van der Waals surface area contributed by atoms with Gasteiger partial charge < -0.3 is 15.4 Å². The third-order valence-electron chi connectivity index (χ3n) is 6.42. The topological polar surface area (TPSA) is 140 Å². The number of benzene rings is 2. The van der Waals surface area contributed by atoms with Crippen LogP contribution < -0.4 is 10.6 Å². The Labute approximate surface area is 219 Å². The number of nitrogens with zero attached hydrogens (tertiary/aromatic N) is 3. The van der Waals surface area contributed by atoms with Gasteiger partial charge in [-0.25, -0.2) is 45.0 Å². The van der Waals surface area contributed by atoms with Crippen molar-refractivity contribution in [2.45, 2.75) is 42.7 Å². The highest BCUT2D eigenvalue weighted by Crippen LogP contribution is 2.36. The molecule has 1 aliphatic heterocycles. The number of aromatic nitrogens is 2. The van der Waals surface area contributed by atoms with Gasteiger partial charge in [-0.15, -0.1) is 0 Å². The molecule has 1 saturated carbocycles. The molecule has 0 bridgehead atoms. The number of carbonyl (C=O) groups excluding carboxylic acids is 3. The maximum atomic E-state index is 13.5. The number of sulfonamides is 1. The Bertz CT molecular complexity index is 1550. The van der Waals surface area contributed by atoms with Crippen LogP contribution in [0.25, 0.3) is 0 Å². The van der Waals surface area contributed by atoms with E-state index in [0.717, 1.165) is 10.4 Å². The third kappa shape index (κ3) is 5.04. The summed E-state index contributed by atoms with van der Waals surface area (Å²) in [6.45, 7) is 0. The molecule has 3 amide bonds. The highest BCUT2D eigenvalue weighted by molar-refractivity contribution is 7.90. The van der Waals surface area contributed by atoms with Crippen molar-refractivity contribution < 1.29 is 40.7 Å². The minimum Gasteiger partial charge on any atom is -0.446 e. The van der Waals surface area contributed by atoms with Gasteiger partial charge in [0, 0.05) is 35.8 Å². The van der Waals surface area contributed by atoms with Crippen molar-refractivity contribution in [3.05, 3.63) is 72.1 Å². The van der Waals surface area contributed by atoms with Crippen LogP contribution in [-0.4, -0.2) is 52.5 Å². The van der Waals surface area contributed by atoms with Gasteiger partial charge in [0.05, 0.1) is 11.7 Å². The molecule has 0 spiro atoms. The number of anilines is 2. The number of urea groups is 1. The van der Waals surface area contributed by atoms with Gasteiger partial charge in [-0.2, -0.15) is 0 Å². The molecule has 15 heteroatoms. The standard InChI is InChI=1S/C24H20F3N5O6S/c25-17-10-14(11-18(26)21(17)27)29-22(33)13-1-6-19-20(9-13)39(36,37)32(23(34)30-19)15-2-4-16(5-3-15)38-24(35)31-8-7-28-12-31/h1,6-12,15-16H,2-5H2,(H,29,33)(H,30,34)/t15-,16-. The zero-order valence-electron chi connectivity index (χ0n) is 19.9. The highest BCUT2D eigenvalue weighted by atomic mass is 32.2. The van der Waals surface area contributed by atoms with E-state index in [1.54, 1.807) is 0 Å². The van der Waals surface area contributed by atoms with Crippen LogP contribution in [0.5, 0.6) is 0 Å². The number of imidazole rings is 1. The van der Waals surface area contributed by atoms with Gasteiger partial charge in [0.15, 0.2) is 17.5 Å². The SMILES string of the molecule is O=C(Nc1cc(F)c(F)c(F)c1)c1ccc2c(c1)S(=O)(=O)N([C@H]1CC[C@H](OC(=O)n3ccnc3)CC1)C(=O)N2. The first-order valence-corrected chi connectivity index (χ1v) is 13.1. The second kappa shape index (κ2) is 10.1. The Kier molecular flexibility index (Phi) is 6.76. The van der Waals surface area contributed by atoms with Crippen molar-refractivity contribution in [1.82, 2.24) is 13.9 Å². The fourth-order valence-electron chi connectivity index (χ4n) is 4.53. The molecular weight excluding hydrogens is 543 g/mol. The molecule has 39 heavy (non-hydrogen) atoms. The van der Waals surface area contributed by atoms with Gasteiger partial charge in [0.2, 0.25) is 0 Å². The molecule has 0 atom stereocenters. The van der Waals surface area contributed by atoms with E-state index in [1.165, 1.54) is 35.4 Å². The molecule has 11 nitrogen and oxygen atoms in total. The van der Waals surface area contributed by atoms with E-state index in [1.807, 2.05) is 0 Å². The van der Waals surface area contributed by atoms with Crippen LogP contribution in [0.1, 0.15) is 36.0 Å². The van der Waals surface area contributed by atoms with Crippen molar-refractivity contribution in [1.29, 1.82) is 0 Å². The van der Waals surface area contributed by atoms with E-state index in [9.17, 15) is 36.0 Å². The molecule has 1 aromatic heterocycles. The number of hydrogen-bond acceptors (Lipinski definition) is 7. The average Bonchev–Trinajstić information content (AvgIpc) is 3.43. The molecular formula is C24H20F3N5O6S. The molecule has 2 aliphatic rings. The fraction of sp³-hybridized carbons (Fsp3) is 0.250. The zero-order valence-corrected chi connectivity index (χ0v) is 20.8. The predicted octanol–water partition coefficient (Wildman–Crippen LogP) is 4.09. The van der Waals surface area contributed by atoms with Crippen LogP contribution in [0.4, 0.5) is 34.1 Å². The lowest BCUT2D eigenvalue weighted by Crippen LogP contribution is -2.51. The van der Waals surface area contributed by atoms with Gasteiger partial charge in [-0.05, 0) is 43.9 Å². The smallest absolute Gasteiger partial charge is 0.419 e. The van der Waals surface area contributed by atoms with Crippen molar-refractivity contribution in [2.24, 2.45) is 0 Å². The van der Waals surface area contributed by atoms with Crippen LogP contribution in [0.15, 0.2) is 53.9 Å². The van der Waals surface area contributed by atoms with Gasteiger partial charge in [-0.3, -0.25) is 4.79 Å². The van der Waals surface area contributed by atoms with E-state index in [2.05, 4.69) is 15.6 Å². The van der Waals surface area contributed by atoms with Crippen LogP contribution >= 0.6 is 0 Å².